The van der Waals surface area contributed by atoms with E-state index in [2.05, 4.69) is 19.5 Å². The predicted octanol–water partition coefficient (Wildman–Crippen LogP) is 2.20. The first kappa shape index (κ1) is 17.3. The lowest BCUT2D eigenvalue weighted by molar-refractivity contribution is 0.112. The second-order valence-electron chi connectivity index (χ2n) is 3.74. The van der Waals surface area contributed by atoms with E-state index in [9.17, 15) is 17.2 Å². The van der Waals surface area contributed by atoms with Crippen molar-refractivity contribution in [3.05, 3.63) is 16.5 Å². The molecule has 0 saturated heterocycles. The number of anilines is 1. The minimum Gasteiger partial charge on any atom is -0.360 e. The number of alkyl halides is 2. The van der Waals surface area contributed by atoms with Crippen molar-refractivity contribution in [2.24, 2.45) is 0 Å². The van der Waals surface area contributed by atoms with Crippen LogP contribution in [0.25, 0.3) is 0 Å². The minimum absolute atomic E-state index is 0.0177. The van der Waals surface area contributed by atoms with Crippen LogP contribution in [0.3, 0.4) is 0 Å². The van der Waals surface area contributed by atoms with Crippen LogP contribution < -0.4 is 5.32 Å². The number of nitrogens with zero attached hydrogens (tertiary/aromatic N) is 2. The number of aromatic nitrogens is 2. The molecule has 0 amide bonds. The molecular formula is C9H11Cl2F2N3O3S. The number of hydrogen-bond donors (Lipinski definition) is 1. The van der Waals surface area contributed by atoms with Crippen molar-refractivity contribution in [3.8, 4) is 0 Å². The van der Waals surface area contributed by atoms with E-state index in [4.69, 9.17) is 23.2 Å². The number of rotatable bonds is 7. The molecule has 0 aromatic carbocycles. The van der Waals surface area contributed by atoms with E-state index in [0.717, 1.165) is 12.5 Å². The van der Waals surface area contributed by atoms with Crippen LogP contribution in [-0.4, -0.2) is 43.7 Å². The predicted molar refractivity (Wildman–Crippen MR) is 70.9 cm³/mol. The van der Waals surface area contributed by atoms with Gasteiger partial charge in [-0.05, 0) is 18.0 Å². The SMILES string of the molecule is CS(=O)(=O)OCCC(Nc1nc(Cl)ncc1Cl)C(F)F. The summed E-state index contributed by atoms with van der Waals surface area (Å²) in [5, 5.41) is 2.24. The van der Waals surface area contributed by atoms with Gasteiger partial charge in [-0.2, -0.15) is 13.4 Å². The second-order valence-corrected chi connectivity index (χ2v) is 6.12. The van der Waals surface area contributed by atoms with Gasteiger partial charge in [0.05, 0.1) is 25.1 Å². The van der Waals surface area contributed by atoms with Crippen molar-refractivity contribution in [1.29, 1.82) is 0 Å². The summed E-state index contributed by atoms with van der Waals surface area (Å²) in [6.45, 7) is -0.392. The average Bonchev–Trinajstić information content (AvgIpc) is 2.30. The van der Waals surface area contributed by atoms with Crippen molar-refractivity contribution < 1.29 is 21.4 Å². The number of nitrogens with one attached hydrogen (secondary N) is 1. The largest absolute Gasteiger partial charge is 0.360 e. The normalized spacial score (nSPS) is 13.5. The molecule has 0 aliphatic heterocycles. The summed E-state index contributed by atoms with van der Waals surface area (Å²) in [6.07, 6.45) is -1.04. The summed E-state index contributed by atoms with van der Waals surface area (Å²) < 4.78 is 51.6. The molecule has 0 aliphatic rings. The zero-order valence-corrected chi connectivity index (χ0v) is 12.5. The average molecular weight is 350 g/mol. The maximum Gasteiger partial charge on any atom is 0.264 e. The van der Waals surface area contributed by atoms with Crippen LogP contribution in [-0.2, 0) is 14.3 Å². The van der Waals surface area contributed by atoms with Gasteiger partial charge in [-0.3, -0.25) is 4.18 Å². The van der Waals surface area contributed by atoms with E-state index in [1.807, 2.05) is 0 Å². The van der Waals surface area contributed by atoms with E-state index >= 15 is 0 Å². The molecule has 0 radical (unpaired) electrons. The van der Waals surface area contributed by atoms with Crippen molar-refractivity contribution in [3.63, 3.8) is 0 Å². The fourth-order valence-electron chi connectivity index (χ4n) is 1.21. The molecule has 6 nitrogen and oxygen atoms in total. The summed E-state index contributed by atoms with van der Waals surface area (Å²) >= 11 is 11.3. The van der Waals surface area contributed by atoms with Crippen molar-refractivity contribution in [1.82, 2.24) is 9.97 Å². The molecule has 1 heterocycles. The molecule has 1 aromatic rings. The third-order valence-corrected chi connectivity index (χ3v) is 3.12. The Morgan fingerprint density at radius 3 is 2.65 bits per heavy atom. The summed E-state index contributed by atoms with van der Waals surface area (Å²) in [4.78, 5) is 7.25. The molecule has 0 saturated carbocycles. The van der Waals surface area contributed by atoms with E-state index in [-0.39, 0.29) is 22.5 Å². The van der Waals surface area contributed by atoms with E-state index in [0.29, 0.717) is 0 Å². The van der Waals surface area contributed by atoms with Gasteiger partial charge in [0, 0.05) is 0 Å². The summed E-state index contributed by atoms with van der Waals surface area (Å²) in [5.41, 5.74) is 0. The van der Waals surface area contributed by atoms with Crippen LogP contribution in [0.4, 0.5) is 14.6 Å². The Morgan fingerprint density at radius 1 is 1.45 bits per heavy atom. The second kappa shape index (κ2) is 7.30. The van der Waals surface area contributed by atoms with Crippen LogP contribution in [0.5, 0.6) is 0 Å². The van der Waals surface area contributed by atoms with Crippen LogP contribution in [0.15, 0.2) is 6.20 Å². The van der Waals surface area contributed by atoms with Crippen molar-refractivity contribution in [2.45, 2.75) is 18.9 Å². The van der Waals surface area contributed by atoms with E-state index < -0.39 is 29.2 Å². The summed E-state index contributed by atoms with van der Waals surface area (Å²) in [7, 11) is -3.68. The van der Waals surface area contributed by atoms with E-state index in [1.165, 1.54) is 0 Å². The Bertz CT molecular complexity index is 559. The quantitative estimate of drug-likeness (QED) is 0.600. The van der Waals surface area contributed by atoms with Crippen molar-refractivity contribution in [2.75, 3.05) is 18.2 Å². The smallest absolute Gasteiger partial charge is 0.264 e. The lowest BCUT2D eigenvalue weighted by Crippen LogP contribution is -2.30. The van der Waals surface area contributed by atoms with Gasteiger partial charge < -0.3 is 5.32 Å². The van der Waals surface area contributed by atoms with Gasteiger partial charge in [-0.15, -0.1) is 0 Å². The Balaban J connectivity index is 2.70. The lowest BCUT2D eigenvalue weighted by atomic mass is 10.2. The molecule has 11 heteroatoms. The zero-order valence-electron chi connectivity index (χ0n) is 10.2. The highest BCUT2D eigenvalue weighted by Crippen LogP contribution is 2.22. The highest BCUT2D eigenvalue weighted by atomic mass is 35.5. The van der Waals surface area contributed by atoms with Crippen molar-refractivity contribution >= 4 is 39.1 Å². The highest BCUT2D eigenvalue weighted by Gasteiger charge is 2.22. The number of hydrogen-bond acceptors (Lipinski definition) is 6. The van der Waals surface area contributed by atoms with Gasteiger partial charge in [0.2, 0.25) is 5.28 Å². The number of halogens is 4. The summed E-state index contributed by atoms with van der Waals surface area (Å²) in [6, 6.07) is -1.39. The first-order valence-corrected chi connectivity index (χ1v) is 7.83. The maximum absolute atomic E-state index is 12.9. The molecule has 0 bridgehead atoms. The van der Waals surface area contributed by atoms with Gasteiger partial charge in [-0.1, -0.05) is 11.6 Å². The van der Waals surface area contributed by atoms with Crippen LogP contribution in [0, 0.1) is 0 Å². The molecular weight excluding hydrogens is 339 g/mol. The highest BCUT2D eigenvalue weighted by molar-refractivity contribution is 7.85. The van der Waals surface area contributed by atoms with Gasteiger partial charge in [0.25, 0.3) is 16.5 Å². The Hall–Kier alpha value is -0.770. The van der Waals surface area contributed by atoms with Gasteiger partial charge in [0.1, 0.15) is 10.8 Å². The molecule has 114 valence electrons. The third kappa shape index (κ3) is 6.12. The fraction of sp³-hybridized carbons (Fsp3) is 0.556. The molecule has 20 heavy (non-hydrogen) atoms. The molecule has 1 aromatic heterocycles. The summed E-state index contributed by atoms with van der Waals surface area (Å²) in [5.74, 6) is -0.0590. The Kier molecular flexibility index (Phi) is 6.31. The molecule has 0 aliphatic carbocycles. The van der Waals surface area contributed by atoms with Crippen LogP contribution in [0.2, 0.25) is 10.3 Å². The first-order valence-electron chi connectivity index (χ1n) is 5.26. The van der Waals surface area contributed by atoms with Crippen LogP contribution >= 0.6 is 23.2 Å². The Labute approximate surface area is 124 Å². The fourth-order valence-corrected chi connectivity index (χ4v) is 1.89. The zero-order chi connectivity index (χ0) is 15.3. The third-order valence-electron chi connectivity index (χ3n) is 2.07. The maximum atomic E-state index is 12.9. The topological polar surface area (TPSA) is 81.2 Å². The van der Waals surface area contributed by atoms with Crippen LogP contribution in [0.1, 0.15) is 6.42 Å². The molecule has 1 N–H and O–H groups in total. The van der Waals surface area contributed by atoms with E-state index in [1.54, 1.807) is 0 Å². The van der Waals surface area contributed by atoms with Gasteiger partial charge >= 0.3 is 0 Å². The standard InChI is InChI=1S/C9H11Cl2F2N3O3S/c1-20(17,18)19-3-2-6(7(12)13)15-8-5(10)4-14-9(11)16-8/h4,6-7H,2-3H2,1H3,(H,14,15,16). The first-order chi connectivity index (χ1) is 9.19. The monoisotopic (exact) mass is 349 g/mol. The van der Waals surface area contributed by atoms with Gasteiger partial charge in [0.15, 0.2) is 0 Å². The molecule has 0 spiro atoms. The molecule has 1 unspecified atom stereocenters. The molecule has 1 atom stereocenters. The van der Waals surface area contributed by atoms with Gasteiger partial charge in [-0.25, -0.2) is 13.8 Å². The molecule has 1 rings (SSSR count). The lowest BCUT2D eigenvalue weighted by Gasteiger charge is -2.18. The Morgan fingerprint density at radius 2 is 2.10 bits per heavy atom. The molecule has 0 fully saturated rings. The minimum atomic E-state index is -3.68.